The number of aliphatic hydroxyl groups is 2. The number of aliphatic hydroxyl groups excluding tert-OH is 2. The van der Waals surface area contributed by atoms with Crippen molar-refractivity contribution in [3.63, 3.8) is 0 Å². The Morgan fingerprint density at radius 1 is 0.407 bits per heavy atom. The van der Waals surface area contributed by atoms with Gasteiger partial charge >= 0.3 is 0 Å². The maximum absolute atomic E-state index is 11.7. The molecule has 0 bridgehead atoms. The molecule has 2 aliphatic rings. The van der Waals surface area contributed by atoms with Crippen LogP contribution in [0.25, 0.3) is 0 Å². The number of hydrogen-bond donors (Lipinski definition) is 2. The fourth-order valence-electron chi connectivity index (χ4n) is 7.36. The molecule has 2 heterocycles. The zero-order chi connectivity index (χ0) is 40.7. The van der Waals surface area contributed by atoms with Crippen LogP contribution in [0, 0.1) is 0 Å². The highest BCUT2D eigenvalue weighted by atomic mass is 16.7. The van der Waals surface area contributed by atoms with Gasteiger partial charge in [0.1, 0.15) is 48.8 Å². The number of ether oxygens (including phenoxy) is 9. The van der Waals surface area contributed by atoms with Crippen molar-refractivity contribution >= 4 is 0 Å². The van der Waals surface area contributed by atoms with Crippen molar-refractivity contribution < 1.29 is 52.8 Å². The Labute approximate surface area is 346 Å². The molecule has 0 spiro atoms. The van der Waals surface area contributed by atoms with E-state index in [1.54, 1.807) is 0 Å². The van der Waals surface area contributed by atoms with Crippen molar-refractivity contribution in [2.75, 3.05) is 20.3 Å². The number of benzene rings is 5. The summed E-state index contributed by atoms with van der Waals surface area (Å²) in [6.07, 6.45) is -9.40. The Hall–Kier alpha value is -4.34. The third kappa shape index (κ3) is 12.1. The van der Waals surface area contributed by atoms with E-state index in [4.69, 9.17) is 42.6 Å². The van der Waals surface area contributed by atoms with E-state index in [0.717, 1.165) is 27.8 Å². The van der Waals surface area contributed by atoms with Crippen LogP contribution >= 0.6 is 0 Å². The lowest BCUT2D eigenvalue weighted by molar-refractivity contribution is -0.342. The molecule has 0 amide bonds. The Morgan fingerprint density at radius 2 is 0.780 bits per heavy atom. The predicted octanol–water partition coefficient (Wildman–Crippen LogP) is 6.38. The zero-order valence-electron chi connectivity index (χ0n) is 33.2. The molecule has 2 fully saturated rings. The maximum Gasteiger partial charge on any atom is 0.186 e. The van der Waals surface area contributed by atoms with Crippen molar-refractivity contribution in [1.29, 1.82) is 0 Å². The van der Waals surface area contributed by atoms with Gasteiger partial charge in [0.2, 0.25) is 0 Å². The summed E-state index contributed by atoms with van der Waals surface area (Å²) in [7, 11) is 1.52. The van der Waals surface area contributed by atoms with Crippen molar-refractivity contribution in [3.8, 4) is 0 Å². The van der Waals surface area contributed by atoms with Gasteiger partial charge in [0.15, 0.2) is 12.6 Å². The Kier molecular flexibility index (Phi) is 16.2. The van der Waals surface area contributed by atoms with E-state index in [0.29, 0.717) is 6.61 Å². The Balaban J connectivity index is 1.10. The summed E-state index contributed by atoms with van der Waals surface area (Å²) in [5.74, 6) is 0. The molecule has 5 aromatic carbocycles. The average molecular weight is 807 g/mol. The summed E-state index contributed by atoms with van der Waals surface area (Å²) in [6.45, 7) is 1.30. The summed E-state index contributed by atoms with van der Waals surface area (Å²) in [6, 6.07) is 48.9. The van der Waals surface area contributed by atoms with Crippen LogP contribution in [0.2, 0.25) is 0 Å². The molecule has 0 aliphatic carbocycles. The van der Waals surface area contributed by atoms with Gasteiger partial charge in [-0.25, -0.2) is 0 Å². The first kappa shape index (κ1) is 42.8. The molecule has 312 valence electrons. The molecule has 59 heavy (non-hydrogen) atoms. The molecule has 0 aromatic heterocycles. The van der Waals surface area contributed by atoms with Crippen molar-refractivity contribution in [2.24, 2.45) is 0 Å². The lowest BCUT2D eigenvalue weighted by Gasteiger charge is -2.46. The standard InChI is InChI=1S/C48H54O11/c1-51-44-41(49)48(59-39(32-52-27-34-17-7-2-8-18-34)42(44)53-28-35-19-9-3-10-20-35)57-33-40-43(54-29-36-21-11-4-12-22-36)45(55-30-37-23-13-5-14-24-37)46(47(50)58-40)56-31-38-25-15-6-16-26-38/h2-26,39-50H,27-33H2,1H3/t39-,40-,41+,42-,43-,44+,45+,46-,47+,48-/m1/s1. The van der Waals surface area contributed by atoms with Crippen LogP contribution in [0.5, 0.6) is 0 Å². The second kappa shape index (κ2) is 22.3. The van der Waals surface area contributed by atoms with E-state index in [1.165, 1.54) is 7.11 Å². The van der Waals surface area contributed by atoms with Crippen LogP contribution in [-0.4, -0.2) is 91.9 Å². The molecule has 2 saturated heterocycles. The maximum atomic E-state index is 11.7. The third-order valence-electron chi connectivity index (χ3n) is 10.5. The van der Waals surface area contributed by atoms with E-state index in [9.17, 15) is 10.2 Å². The van der Waals surface area contributed by atoms with E-state index in [-0.39, 0.29) is 39.6 Å². The molecule has 0 saturated carbocycles. The molecule has 10 atom stereocenters. The second-order valence-electron chi connectivity index (χ2n) is 14.7. The van der Waals surface area contributed by atoms with Crippen molar-refractivity contribution in [1.82, 2.24) is 0 Å². The molecule has 2 aliphatic heterocycles. The second-order valence-corrected chi connectivity index (χ2v) is 14.7. The molecular weight excluding hydrogens is 753 g/mol. The fraction of sp³-hybridized carbons (Fsp3) is 0.375. The molecule has 0 unspecified atom stereocenters. The van der Waals surface area contributed by atoms with Gasteiger partial charge in [0, 0.05) is 7.11 Å². The Morgan fingerprint density at radius 3 is 1.22 bits per heavy atom. The molecule has 2 N–H and O–H groups in total. The zero-order valence-corrected chi connectivity index (χ0v) is 33.2. The van der Waals surface area contributed by atoms with Gasteiger partial charge in [-0.3, -0.25) is 0 Å². The van der Waals surface area contributed by atoms with E-state index < -0.39 is 61.4 Å². The summed E-state index contributed by atoms with van der Waals surface area (Å²) >= 11 is 0. The molecular formula is C48H54O11. The van der Waals surface area contributed by atoms with E-state index >= 15 is 0 Å². The van der Waals surface area contributed by atoms with Gasteiger partial charge in [-0.15, -0.1) is 0 Å². The number of methoxy groups -OCH3 is 1. The van der Waals surface area contributed by atoms with Crippen molar-refractivity contribution in [3.05, 3.63) is 179 Å². The minimum Gasteiger partial charge on any atom is -0.385 e. The largest absolute Gasteiger partial charge is 0.385 e. The minimum atomic E-state index is -1.40. The van der Waals surface area contributed by atoms with Gasteiger partial charge in [0.25, 0.3) is 0 Å². The topological polar surface area (TPSA) is 124 Å². The molecule has 11 heteroatoms. The highest BCUT2D eigenvalue weighted by Gasteiger charge is 2.50. The van der Waals surface area contributed by atoms with Gasteiger partial charge in [0.05, 0.1) is 46.2 Å². The average Bonchev–Trinajstić information content (AvgIpc) is 3.28. The lowest BCUT2D eigenvalue weighted by atomic mass is 9.97. The molecule has 5 aromatic rings. The first-order valence-electron chi connectivity index (χ1n) is 20.1. The van der Waals surface area contributed by atoms with Gasteiger partial charge < -0.3 is 52.8 Å². The first-order valence-corrected chi connectivity index (χ1v) is 20.1. The monoisotopic (exact) mass is 806 g/mol. The minimum absolute atomic E-state index is 0.137. The highest BCUT2D eigenvalue weighted by molar-refractivity contribution is 5.17. The number of rotatable bonds is 20. The van der Waals surface area contributed by atoms with Crippen LogP contribution in [0.4, 0.5) is 0 Å². The molecule has 7 rings (SSSR count). The fourth-order valence-corrected chi connectivity index (χ4v) is 7.36. The van der Waals surface area contributed by atoms with E-state index in [2.05, 4.69) is 0 Å². The van der Waals surface area contributed by atoms with Crippen LogP contribution in [0.1, 0.15) is 27.8 Å². The van der Waals surface area contributed by atoms with Gasteiger partial charge in [-0.05, 0) is 27.8 Å². The van der Waals surface area contributed by atoms with Crippen molar-refractivity contribution in [2.45, 2.75) is 94.4 Å². The van der Waals surface area contributed by atoms with Gasteiger partial charge in [-0.2, -0.15) is 0 Å². The summed E-state index contributed by atoms with van der Waals surface area (Å²) in [4.78, 5) is 0. The normalized spacial score (nSPS) is 27.0. The molecule has 11 nitrogen and oxygen atoms in total. The number of hydrogen-bond acceptors (Lipinski definition) is 11. The predicted molar refractivity (Wildman–Crippen MR) is 218 cm³/mol. The van der Waals surface area contributed by atoms with Crippen LogP contribution in [0.3, 0.4) is 0 Å². The van der Waals surface area contributed by atoms with Crippen LogP contribution in [-0.2, 0) is 75.7 Å². The smallest absolute Gasteiger partial charge is 0.186 e. The summed E-state index contributed by atoms with van der Waals surface area (Å²) in [5, 5.41) is 23.3. The Bertz CT molecular complexity index is 1890. The highest BCUT2D eigenvalue weighted by Crippen LogP contribution is 2.32. The SMILES string of the molecule is CO[C@H]1[C@H](O)[C@H](OC[C@H]2O[C@H](O)[C@H](OCc3ccccc3)[C@@H](OCc3ccccc3)[C@@H]2OCc2ccccc2)O[C@H](COCc2ccccc2)[C@H]1OCc1ccccc1. The lowest BCUT2D eigenvalue weighted by Crippen LogP contribution is -2.63. The summed E-state index contributed by atoms with van der Waals surface area (Å²) in [5.41, 5.74) is 4.78. The molecule has 0 radical (unpaired) electrons. The van der Waals surface area contributed by atoms with Crippen LogP contribution in [0.15, 0.2) is 152 Å². The van der Waals surface area contributed by atoms with Gasteiger partial charge in [-0.1, -0.05) is 152 Å². The quantitative estimate of drug-likeness (QED) is 0.0912. The third-order valence-corrected chi connectivity index (χ3v) is 10.5. The van der Waals surface area contributed by atoms with E-state index in [1.807, 2.05) is 152 Å². The summed E-state index contributed by atoms with van der Waals surface area (Å²) < 4.78 is 57.2. The van der Waals surface area contributed by atoms with Crippen LogP contribution < -0.4 is 0 Å². The first-order chi connectivity index (χ1) is 29.1.